The van der Waals surface area contributed by atoms with Crippen LogP contribution >= 0.6 is 0 Å². The fraction of sp³-hybridized carbons (Fsp3) is 0.421. The zero-order chi connectivity index (χ0) is 17.6. The van der Waals surface area contributed by atoms with Gasteiger partial charge in [0.2, 0.25) is 11.8 Å². The normalized spacial score (nSPS) is 12.4. The largest absolute Gasteiger partial charge is 0.459 e. The Morgan fingerprint density at radius 2 is 2.12 bits per heavy atom. The van der Waals surface area contributed by atoms with Gasteiger partial charge in [0, 0.05) is 24.6 Å². The van der Waals surface area contributed by atoms with Crippen LogP contribution in [-0.2, 0) is 17.6 Å². The third kappa shape index (κ3) is 4.47. The number of furan rings is 1. The number of carbonyl (C=O) groups excluding carboxylic acids is 1. The SMILES string of the molecule is CCCc1noc(CCCC(=O)NC(C)c2cc3ccccc3o2)n1. The quantitative estimate of drug-likeness (QED) is 0.670. The van der Waals surface area contributed by atoms with E-state index in [0.717, 1.165) is 35.4 Å². The summed E-state index contributed by atoms with van der Waals surface area (Å²) in [6, 6.07) is 9.61. The maximum atomic E-state index is 12.1. The Hall–Kier alpha value is -2.63. The monoisotopic (exact) mass is 341 g/mol. The lowest BCUT2D eigenvalue weighted by Gasteiger charge is -2.10. The van der Waals surface area contributed by atoms with E-state index in [1.807, 2.05) is 37.3 Å². The molecule has 1 N–H and O–H groups in total. The van der Waals surface area contributed by atoms with Crippen molar-refractivity contribution in [3.05, 3.63) is 47.8 Å². The molecule has 132 valence electrons. The Kier molecular flexibility index (Phi) is 5.48. The van der Waals surface area contributed by atoms with Crippen molar-refractivity contribution in [2.24, 2.45) is 0 Å². The number of fused-ring (bicyclic) bond motifs is 1. The number of aromatic nitrogens is 2. The first kappa shape index (κ1) is 17.2. The molecule has 2 heterocycles. The molecule has 2 aromatic heterocycles. The van der Waals surface area contributed by atoms with E-state index in [0.29, 0.717) is 25.2 Å². The molecule has 0 spiro atoms. The van der Waals surface area contributed by atoms with Crippen LogP contribution in [0, 0.1) is 0 Å². The zero-order valence-corrected chi connectivity index (χ0v) is 14.6. The predicted octanol–water partition coefficient (Wildman–Crippen LogP) is 3.97. The fourth-order valence-corrected chi connectivity index (χ4v) is 2.72. The molecular weight excluding hydrogens is 318 g/mol. The van der Waals surface area contributed by atoms with Gasteiger partial charge in [0.05, 0.1) is 6.04 Å². The van der Waals surface area contributed by atoms with Crippen molar-refractivity contribution in [1.82, 2.24) is 15.5 Å². The van der Waals surface area contributed by atoms with Gasteiger partial charge in [-0.05, 0) is 31.9 Å². The van der Waals surface area contributed by atoms with E-state index in [9.17, 15) is 4.79 Å². The minimum Gasteiger partial charge on any atom is -0.459 e. The highest BCUT2D eigenvalue weighted by Crippen LogP contribution is 2.23. The molecular formula is C19H23N3O3. The molecule has 3 rings (SSSR count). The maximum absolute atomic E-state index is 12.1. The molecule has 0 saturated heterocycles. The lowest BCUT2D eigenvalue weighted by molar-refractivity contribution is -0.121. The molecule has 1 atom stereocenters. The maximum Gasteiger partial charge on any atom is 0.226 e. The van der Waals surface area contributed by atoms with Crippen LogP contribution < -0.4 is 5.32 Å². The minimum absolute atomic E-state index is 0.0127. The number of benzene rings is 1. The first-order valence-corrected chi connectivity index (χ1v) is 8.75. The Morgan fingerprint density at radius 3 is 2.92 bits per heavy atom. The van der Waals surface area contributed by atoms with Crippen LogP contribution in [0.5, 0.6) is 0 Å². The van der Waals surface area contributed by atoms with Gasteiger partial charge in [0.15, 0.2) is 5.82 Å². The van der Waals surface area contributed by atoms with Crippen LogP contribution in [0.4, 0.5) is 0 Å². The summed E-state index contributed by atoms with van der Waals surface area (Å²) in [5.41, 5.74) is 0.831. The number of nitrogens with zero attached hydrogens (tertiary/aromatic N) is 2. The zero-order valence-electron chi connectivity index (χ0n) is 14.6. The van der Waals surface area contributed by atoms with Gasteiger partial charge in [0.25, 0.3) is 0 Å². The van der Waals surface area contributed by atoms with Crippen LogP contribution in [0.3, 0.4) is 0 Å². The number of hydrogen-bond acceptors (Lipinski definition) is 5. The van der Waals surface area contributed by atoms with Gasteiger partial charge < -0.3 is 14.3 Å². The third-order valence-corrected chi connectivity index (χ3v) is 4.03. The second-order valence-electron chi connectivity index (χ2n) is 6.18. The van der Waals surface area contributed by atoms with Gasteiger partial charge in [-0.2, -0.15) is 4.98 Å². The van der Waals surface area contributed by atoms with Gasteiger partial charge in [-0.15, -0.1) is 0 Å². The molecule has 0 aliphatic rings. The van der Waals surface area contributed by atoms with E-state index >= 15 is 0 Å². The first-order chi connectivity index (χ1) is 12.2. The average molecular weight is 341 g/mol. The molecule has 1 unspecified atom stereocenters. The van der Waals surface area contributed by atoms with Crippen molar-refractivity contribution < 1.29 is 13.7 Å². The topological polar surface area (TPSA) is 81.2 Å². The van der Waals surface area contributed by atoms with Crippen molar-refractivity contribution >= 4 is 16.9 Å². The van der Waals surface area contributed by atoms with Gasteiger partial charge in [-0.25, -0.2) is 0 Å². The third-order valence-electron chi connectivity index (χ3n) is 4.03. The standard InChI is InChI=1S/C19H23N3O3/c1-3-7-17-21-19(25-22-17)11-6-10-18(23)20-13(2)16-12-14-8-4-5-9-15(14)24-16/h4-5,8-9,12-13H,3,6-7,10-11H2,1-2H3,(H,20,23). The summed E-state index contributed by atoms with van der Waals surface area (Å²) in [5.74, 6) is 2.08. The second-order valence-corrected chi connectivity index (χ2v) is 6.18. The molecule has 0 saturated carbocycles. The number of rotatable bonds is 8. The van der Waals surface area contributed by atoms with E-state index in [2.05, 4.69) is 22.4 Å². The Balaban J connectivity index is 1.46. The minimum atomic E-state index is -0.167. The number of amides is 1. The molecule has 0 fully saturated rings. The molecule has 0 radical (unpaired) electrons. The number of para-hydroxylation sites is 1. The van der Waals surface area contributed by atoms with E-state index in [4.69, 9.17) is 8.94 Å². The van der Waals surface area contributed by atoms with Crippen molar-refractivity contribution in [2.45, 2.75) is 52.0 Å². The van der Waals surface area contributed by atoms with Crippen LogP contribution in [0.15, 0.2) is 39.3 Å². The highest BCUT2D eigenvalue weighted by atomic mass is 16.5. The Bertz CT molecular complexity index is 804. The smallest absolute Gasteiger partial charge is 0.226 e. The Labute approximate surface area is 146 Å². The van der Waals surface area contributed by atoms with E-state index < -0.39 is 0 Å². The molecule has 6 nitrogen and oxygen atoms in total. The molecule has 25 heavy (non-hydrogen) atoms. The molecule has 0 aliphatic carbocycles. The highest BCUT2D eigenvalue weighted by Gasteiger charge is 2.14. The number of carbonyl (C=O) groups is 1. The molecule has 0 aliphatic heterocycles. The van der Waals surface area contributed by atoms with Crippen molar-refractivity contribution in [3.63, 3.8) is 0 Å². The van der Waals surface area contributed by atoms with Gasteiger partial charge in [0.1, 0.15) is 11.3 Å². The molecule has 6 heteroatoms. The number of hydrogen-bond donors (Lipinski definition) is 1. The molecule has 1 aromatic carbocycles. The summed E-state index contributed by atoms with van der Waals surface area (Å²) in [6.07, 6.45) is 3.51. The van der Waals surface area contributed by atoms with Crippen LogP contribution in [0.2, 0.25) is 0 Å². The van der Waals surface area contributed by atoms with Crippen molar-refractivity contribution in [1.29, 1.82) is 0 Å². The average Bonchev–Trinajstić information content (AvgIpc) is 3.22. The predicted molar refractivity (Wildman–Crippen MR) is 94.0 cm³/mol. The van der Waals surface area contributed by atoms with E-state index in [-0.39, 0.29) is 11.9 Å². The number of nitrogens with one attached hydrogen (secondary N) is 1. The molecule has 3 aromatic rings. The van der Waals surface area contributed by atoms with E-state index in [1.54, 1.807) is 0 Å². The van der Waals surface area contributed by atoms with Crippen molar-refractivity contribution in [2.75, 3.05) is 0 Å². The highest BCUT2D eigenvalue weighted by molar-refractivity contribution is 5.79. The van der Waals surface area contributed by atoms with E-state index in [1.165, 1.54) is 0 Å². The lowest BCUT2D eigenvalue weighted by Crippen LogP contribution is -2.26. The van der Waals surface area contributed by atoms with Crippen molar-refractivity contribution in [3.8, 4) is 0 Å². The fourth-order valence-electron chi connectivity index (χ4n) is 2.72. The van der Waals surface area contributed by atoms with Gasteiger partial charge in [-0.3, -0.25) is 4.79 Å². The van der Waals surface area contributed by atoms with Crippen LogP contribution in [0.25, 0.3) is 11.0 Å². The summed E-state index contributed by atoms with van der Waals surface area (Å²) in [7, 11) is 0. The van der Waals surface area contributed by atoms with Crippen LogP contribution in [0.1, 0.15) is 56.6 Å². The molecule has 1 amide bonds. The summed E-state index contributed by atoms with van der Waals surface area (Å²) in [6.45, 7) is 3.99. The Morgan fingerprint density at radius 1 is 1.28 bits per heavy atom. The lowest BCUT2D eigenvalue weighted by atomic mass is 10.2. The van der Waals surface area contributed by atoms with Crippen LogP contribution in [-0.4, -0.2) is 16.0 Å². The molecule has 0 bridgehead atoms. The first-order valence-electron chi connectivity index (χ1n) is 8.75. The van der Waals surface area contributed by atoms with Gasteiger partial charge in [-0.1, -0.05) is 30.3 Å². The summed E-state index contributed by atoms with van der Waals surface area (Å²) in [4.78, 5) is 16.4. The summed E-state index contributed by atoms with van der Waals surface area (Å²) < 4.78 is 11.0. The van der Waals surface area contributed by atoms with Gasteiger partial charge >= 0.3 is 0 Å². The number of aryl methyl sites for hydroxylation is 2. The summed E-state index contributed by atoms with van der Waals surface area (Å²) >= 11 is 0. The second kappa shape index (κ2) is 7.96. The summed E-state index contributed by atoms with van der Waals surface area (Å²) in [5, 5.41) is 7.92.